The Bertz CT molecular complexity index is 991. The van der Waals surface area contributed by atoms with E-state index in [2.05, 4.69) is 10.2 Å². The van der Waals surface area contributed by atoms with Gasteiger partial charge in [-0.2, -0.15) is 13.2 Å². The number of benzene rings is 2. The number of carbonyl (C=O) groups excluding carboxylic acids is 1. The van der Waals surface area contributed by atoms with E-state index in [1.165, 1.54) is 12.1 Å². The molecule has 1 saturated heterocycles. The third kappa shape index (κ3) is 6.32. The van der Waals surface area contributed by atoms with Crippen LogP contribution in [0, 0.1) is 0 Å². The molecule has 0 saturated carbocycles. The maximum absolute atomic E-state index is 12.9. The van der Waals surface area contributed by atoms with Gasteiger partial charge >= 0.3 is 6.18 Å². The quantitative estimate of drug-likeness (QED) is 0.662. The van der Waals surface area contributed by atoms with E-state index in [1.54, 1.807) is 18.2 Å². The number of nitrogens with one attached hydrogen (secondary N) is 1. The predicted molar refractivity (Wildman–Crippen MR) is 119 cm³/mol. The smallest absolute Gasteiger partial charge is 0.416 e. The van der Waals surface area contributed by atoms with Crippen molar-refractivity contribution in [3.63, 3.8) is 0 Å². The van der Waals surface area contributed by atoms with Crippen LogP contribution in [-0.4, -0.2) is 43.2 Å². The zero-order chi connectivity index (χ0) is 23.4. The van der Waals surface area contributed by atoms with Crippen LogP contribution in [0.1, 0.15) is 36.0 Å². The minimum Gasteiger partial charge on any atom is -0.489 e. The summed E-state index contributed by atoms with van der Waals surface area (Å²) >= 11 is 6.31. The molecule has 0 unspecified atom stereocenters. The molecule has 0 atom stereocenters. The first-order valence-electron chi connectivity index (χ1n) is 11.0. The number of amides is 1. The lowest BCUT2D eigenvalue weighted by molar-refractivity contribution is -0.137. The molecule has 9 heteroatoms. The summed E-state index contributed by atoms with van der Waals surface area (Å²) in [7, 11) is 0. The summed E-state index contributed by atoms with van der Waals surface area (Å²) in [5, 5.41) is 3.49. The van der Waals surface area contributed by atoms with Crippen molar-refractivity contribution in [1.82, 2.24) is 10.2 Å². The zero-order valence-corrected chi connectivity index (χ0v) is 18.8. The molecule has 33 heavy (non-hydrogen) atoms. The fourth-order valence-corrected chi connectivity index (χ4v) is 4.48. The van der Waals surface area contributed by atoms with Crippen LogP contribution in [0.5, 0.6) is 11.5 Å². The highest BCUT2D eigenvalue weighted by atomic mass is 35.5. The van der Waals surface area contributed by atoms with Crippen molar-refractivity contribution in [3.8, 4) is 11.5 Å². The standard InChI is InChI=1S/C24H26ClF3N2O3/c25-20-12-17(13-21-23(20)33-10-2-9-32-21)14-22(31)29-19-5-7-30(8-6-19)15-16-3-1-4-18(11-16)24(26,27)28/h1,3-4,11-13,19H,2,5-10,14-15H2,(H,29,31). The van der Waals surface area contributed by atoms with Gasteiger partial charge < -0.3 is 14.8 Å². The van der Waals surface area contributed by atoms with Crippen LogP contribution in [0.2, 0.25) is 5.02 Å². The van der Waals surface area contributed by atoms with Crippen LogP contribution < -0.4 is 14.8 Å². The fourth-order valence-electron chi connectivity index (χ4n) is 4.19. The van der Waals surface area contributed by atoms with E-state index in [0.29, 0.717) is 54.9 Å². The normalized spacial score (nSPS) is 17.5. The molecule has 2 aromatic carbocycles. The van der Waals surface area contributed by atoms with E-state index in [4.69, 9.17) is 21.1 Å². The molecule has 1 amide bonds. The van der Waals surface area contributed by atoms with E-state index in [9.17, 15) is 18.0 Å². The molecule has 178 valence electrons. The Labute approximate surface area is 195 Å². The molecule has 1 N–H and O–H groups in total. The minimum absolute atomic E-state index is 0.0335. The number of alkyl halides is 3. The summed E-state index contributed by atoms with van der Waals surface area (Å²) in [5.74, 6) is 0.981. The first kappa shape index (κ1) is 23.7. The van der Waals surface area contributed by atoms with E-state index in [0.717, 1.165) is 30.9 Å². The average molecular weight is 483 g/mol. The molecule has 0 spiro atoms. The van der Waals surface area contributed by atoms with Crippen LogP contribution in [0.4, 0.5) is 13.2 Å². The second-order valence-electron chi connectivity index (χ2n) is 8.45. The van der Waals surface area contributed by atoms with Crippen LogP contribution in [0.3, 0.4) is 0 Å². The van der Waals surface area contributed by atoms with Gasteiger partial charge in [0.05, 0.1) is 30.2 Å². The SMILES string of the molecule is O=C(Cc1cc(Cl)c2c(c1)OCCCO2)NC1CCN(Cc2cccc(C(F)(F)F)c2)CC1. The van der Waals surface area contributed by atoms with Crippen molar-refractivity contribution in [1.29, 1.82) is 0 Å². The molecule has 4 rings (SSSR count). The minimum atomic E-state index is -4.34. The predicted octanol–water partition coefficient (Wildman–Crippen LogP) is 4.84. The Morgan fingerprint density at radius 3 is 2.61 bits per heavy atom. The lowest BCUT2D eigenvalue weighted by atomic mass is 10.0. The molecule has 2 aliphatic rings. The van der Waals surface area contributed by atoms with Gasteiger partial charge in [0.15, 0.2) is 11.5 Å². The number of hydrogen-bond donors (Lipinski definition) is 1. The summed E-state index contributed by atoms with van der Waals surface area (Å²) in [6, 6.07) is 9.00. The van der Waals surface area contributed by atoms with Gasteiger partial charge in [-0.1, -0.05) is 29.8 Å². The largest absolute Gasteiger partial charge is 0.489 e. The molecule has 2 aliphatic heterocycles. The molecule has 1 fully saturated rings. The van der Waals surface area contributed by atoms with Crippen molar-refractivity contribution in [2.75, 3.05) is 26.3 Å². The number of rotatable bonds is 5. The van der Waals surface area contributed by atoms with Crippen molar-refractivity contribution in [2.45, 2.75) is 44.4 Å². The van der Waals surface area contributed by atoms with Gasteiger partial charge in [0.2, 0.25) is 5.91 Å². The lowest BCUT2D eigenvalue weighted by Gasteiger charge is -2.32. The van der Waals surface area contributed by atoms with Gasteiger partial charge in [0.25, 0.3) is 0 Å². The first-order chi connectivity index (χ1) is 15.8. The van der Waals surface area contributed by atoms with Crippen molar-refractivity contribution in [2.24, 2.45) is 0 Å². The Morgan fingerprint density at radius 1 is 1.09 bits per heavy atom. The molecule has 0 aliphatic carbocycles. The van der Waals surface area contributed by atoms with E-state index >= 15 is 0 Å². The number of halogens is 4. The molecule has 2 heterocycles. The molecule has 0 bridgehead atoms. The topological polar surface area (TPSA) is 50.8 Å². The van der Waals surface area contributed by atoms with Crippen molar-refractivity contribution < 1.29 is 27.4 Å². The van der Waals surface area contributed by atoms with Gasteiger partial charge in [-0.3, -0.25) is 9.69 Å². The van der Waals surface area contributed by atoms with Crippen molar-refractivity contribution in [3.05, 3.63) is 58.1 Å². The van der Waals surface area contributed by atoms with Gasteiger partial charge in [-0.15, -0.1) is 0 Å². The highest BCUT2D eigenvalue weighted by Crippen LogP contribution is 2.38. The van der Waals surface area contributed by atoms with Gasteiger partial charge in [0.1, 0.15) is 0 Å². The number of carbonyl (C=O) groups is 1. The van der Waals surface area contributed by atoms with Gasteiger partial charge in [-0.25, -0.2) is 0 Å². The summed E-state index contributed by atoms with van der Waals surface area (Å²) in [5.41, 5.74) is 0.763. The maximum atomic E-state index is 12.9. The van der Waals surface area contributed by atoms with Crippen LogP contribution in [0.15, 0.2) is 36.4 Å². The first-order valence-corrected chi connectivity index (χ1v) is 11.4. The number of hydrogen-bond acceptors (Lipinski definition) is 4. The van der Waals surface area contributed by atoms with E-state index < -0.39 is 11.7 Å². The highest BCUT2D eigenvalue weighted by Gasteiger charge is 2.30. The number of nitrogens with zero attached hydrogens (tertiary/aromatic N) is 1. The summed E-state index contributed by atoms with van der Waals surface area (Å²) < 4.78 is 50.1. The van der Waals surface area contributed by atoms with Gasteiger partial charge in [-0.05, 0) is 42.2 Å². The number of ether oxygens (including phenoxy) is 2. The fraction of sp³-hybridized carbons (Fsp3) is 0.458. The lowest BCUT2D eigenvalue weighted by Crippen LogP contribution is -2.44. The monoisotopic (exact) mass is 482 g/mol. The Balaban J connectivity index is 1.27. The zero-order valence-electron chi connectivity index (χ0n) is 18.1. The Hall–Kier alpha value is -2.45. The number of piperidine rings is 1. The number of fused-ring (bicyclic) bond motifs is 1. The van der Waals surface area contributed by atoms with Gasteiger partial charge in [0, 0.05) is 32.1 Å². The van der Waals surface area contributed by atoms with E-state index in [1.807, 2.05) is 0 Å². The second kappa shape index (κ2) is 10.2. The van der Waals surface area contributed by atoms with Crippen molar-refractivity contribution >= 4 is 17.5 Å². The molecule has 5 nitrogen and oxygen atoms in total. The summed E-state index contributed by atoms with van der Waals surface area (Å²) in [6.45, 7) is 2.95. The Morgan fingerprint density at radius 2 is 1.85 bits per heavy atom. The van der Waals surface area contributed by atoms with Crippen LogP contribution >= 0.6 is 11.6 Å². The van der Waals surface area contributed by atoms with E-state index in [-0.39, 0.29) is 18.4 Å². The average Bonchev–Trinajstić information content (AvgIpc) is 3.01. The number of likely N-dealkylation sites (tertiary alicyclic amines) is 1. The maximum Gasteiger partial charge on any atom is 0.416 e. The van der Waals surface area contributed by atoms with Crippen LogP contribution in [-0.2, 0) is 23.9 Å². The molecule has 0 radical (unpaired) electrons. The summed E-state index contributed by atoms with van der Waals surface area (Å²) in [4.78, 5) is 14.7. The molecule has 0 aromatic heterocycles. The molecular formula is C24H26ClF3N2O3. The molecule has 2 aromatic rings. The van der Waals surface area contributed by atoms with Crippen LogP contribution in [0.25, 0.3) is 0 Å². The Kier molecular flexibility index (Phi) is 7.34. The third-order valence-electron chi connectivity index (χ3n) is 5.84. The highest BCUT2D eigenvalue weighted by molar-refractivity contribution is 6.32. The molecular weight excluding hydrogens is 457 g/mol. The summed E-state index contributed by atoms with van der Waals surface area (Å²) in [6.07, 6.45) is -1.90. The third-order valence-corrected chi connectivity index (χ3v) is 6.12. The second-order valence-corrected chi connectivity index (χ2v) is 8.86.